The number of allylic oxidation sites excluding steroid dienone is 1. The van der Waals surface area contributed by atoms with Gasteiger partial charge >= 0.3 is 6.18 Å². The lowest BCUT2D eigenvalue weighted by molar-refractivity contribution is -0.139. The molecule has 132 valence electrons. The van der Waals surface area contributed by atoms with Crippen LogP contribution < -0.4 is 5.73 Å². The largest absolute Gasteiger partial charge is 0.399 e. The van der Waals surface area contributed by atoms with E-state index in [4.69, 9.17) is 41.2 Å². The Bertz CT molecular complexity index is 811. The highest BCUT2D eigenvalue weighted by Crippen LogP contribution is 2.38. The Balaban J connectivity index is 2.39. The predicted octanol–water partition coefficient (Wildman–Crippen LogP) is 6.30. The lowest BCUT2D eigenvalue weighted by atomic mass is 9.96. The number of benzene rings is 2. The van der Waals surface area contributed by atoms with Crippen molar-refractivity contribution in [2.45, 2.75) is 19.0 Å². The van der Waals surface area contributed by atoms with Crippen LogP contribution in [0.2, 0.25) is 10.0 Å². The monoisotopic (exact) mass is 403 g/mol. The van der Waals surface area contributed by atoms with Crippen LogP contribution in [0.4, 0.5) is 13.2 Å². The molecule has 0 aliphatic heterocycles. The minimum atomic E-state index is -4.47. The standard InChI is InChI=1S/C18H14Cl2F3NS/c1-10-6-11(2-4-15(10)17(24)25)3-5-16(18(21,22)23)12-7-13(19)9-14(20)8-12/h2-9,16H,1H3,(H2,24,25). The number of alkyl halides is 3. The van der Waals surface area contributed by atoms with Gasteiger partial charge < -0.3 is 5.73 Å². The maximum atomic E-state index is 13.5. The molecular formula is C18H14Cl2F3NS. The number of thiocarbonyl (C=S) groups is 1. The molecule has 0 aliphatic carbocycles. The van der Waals surface area contributed by atoms with E-state index in [1.165, 1.54) is 24.3 Å². The highest BCUT2D eigenvalue weighted by atomic mass is 35.5. The SMILES string of the molecule is Cc1cc(C=CC(c2cc(Cl)cc(Cl)c2)C(F)(F)F)ccc1C(N)=S. The van der Waals surface area contributed by atoms with E-state index in [0.29, 0.717) is 11.1 Å². The zero-order valence-electron chi connectivity index (χ0n) is 13.1. The molecule has 0 saturated carbocycles. The van der Waals surface area contributed by atoms with Gasteiger partial charge in [0.05, 0.1) is 5.92 Å². The first-order valence-electron chi connectivity index (χ1n) is 7.19. The van der Waals surface area contributed by atoms with Crippen molar-refractivity contribution in [3.63, 3.8) is 0 Å². The van der Waals surface area contributed by atoms with Crippen molar-refractivity contribution in [2.24, 2.45) is 5.73 Å². The minimum Gasteiger partial charge on any atom is -0.389 e. The Morgan fingerprint density at radius 2 is 1.72 bits per heavy atom. The Morgan fingerprint density at radius 3 is 2.20 bits per heavy atom. The van der Waals surface area contributed by atoms with E-state index < -0.39 is 12.1 Å². The highest BCUT2D eigenvalue weighted by Gasteiger charge is 2.39. The summed E-state index contributed by atoms with van der Waals surface area (Å²) in [5.41, 5.74) is 7.67. The summed E-state index contributed by atoms with van der Waals surface area (Å²) >= 11 is 16.6. The number of hydrogen-bond acceptors (Lipinski definition) is 1. The second-order valence-electron chi connectivity index (χ2n) is 5.52. The topological polar surface area (TPSA) is 26.0 Å². The second kappa shape index (κ2) is 7.77. The van der Waals surface area contributed by atoms with E-state index in [9.17, 15) is 13.2 Å². The van der Waals surface area contributed by atoms with Gasteiger partial charge in [-0.3, -0.25) is 0 Å². The summed E-state index contributed by atoms with van der Waals surface area (Å²) in [6.45, 7) is 1.80. The van der Waals surface area contributed by atoms with Gasteiger partial charge in [-0.05, 0) is 41.8 Å². The zero-order valence-corrected chi connectivity index (χ0v) is 15.4. The summed E-state index contributed by atoms with van der Waals surface area (Å²) in [7, 11) is 0. The second-order valence-corrected chi connectivity index (χ2v) is 6.83. The predicted molar refractivity (Wildman–Crippen MR) is 101 cm³/mol. The Hall–Kier alpha value is -1.56. The van der Waals surface area contributed by atoms with Gasteiger partial charge in [-0.15, -0.1) is 0 Å². The molecule has 25 heavy (non-hydrogen) atoms. The zero-order chi connectivity index (χ0) is 18.8. The van der Waals surface area contributed by atoms with Crippen LogP contribution in [-0.2, 0) is 0 Å². The minimum absolute atomic E-state index is 0.0160. The summed E-state index contributed by atoms with van der Waals surface area (Å²) in [6, 6.07) is 8.99. The molecule has 0 spiro atoms. The first-order chi connectivity index (χ1) is 11.6. The molecule has 0 bridgehead atoms. The maximum absolute atomic E-state index is 13.5. The van der Waals surface area contributed by atoms with Gasteiger partial charge in [0, 0.05) is 15.6 Å². The molecule has 2 aromatic carbocycles. The van der Waals surface area contributed by atoms with Crippen molar-refractivity contribution >= 4 is 46.5 Å². The average molecular weight is 404 g/mol. The van der Waals surface area contributed by atoms with E-state index >= 15 is 0 Å². The fourth-order valence-corrected chi connectivity index (χ4v) is 3.21. The van der Waals surface area contributed by atoms with E-state index in [0.717, 1.165) is 11.6 Å². The van der Waals surface area contributed by atoms with Crippen LogP contribution in [0.25, 0.3) is 6.08 Å². The van der Waals surface area contributed by atoms with Crippen LogP contribution in [0.3, 0.4) is 0 Å². The van der Waals surface area contributed by atoms with Crippen LogP contribution in [0.5, 0.6) is 0 Å². The van der Waals surface area contributed by atoms with Crippen molar-refractivity contribution < 1.29 is 13.2 Å². The number of rotatable bonds is 4. The van der Waals surface area contributed by atoms with E-state index in [1.54, 1.807) is 25.1 Å². The van der Waals surface area contributed by atoms with Crippen molar-refractivity contribution in [1.82, 2.24) is 0 Å². The molecule has 7 heteroatoms. The Kier molecular flexibility index (Phi) is 6.14. The molecule has 1 unspecified atom stereocenters. The van der Waals surface area contributed by atoms with E-state index in [-0.39, 0.29) is 20.6 Å². The molecule has 1 atom stereocenters. The van der Waals surface area contributed by atoms with Crippen LogP contribution >= 0.6 is 35.4 Å². The molecular weight excluding hydrogens is 390 g/mol. The highest BCUT2D eigenvalue weighted by molar-refractivity contribution is 7.80. The molecule has 0 fully saturated rings. The van der Waals surface area contributed by atoms with E-state index in [2.05, 4.69) is 0 Å². The molecule has 0 amide bonds. The molecule has 0 aromatic heterocycles. The fraction of sp³-hybridized carbons (Fsp3) is 0.167. The van der Waals surface area contributed by atoms with Crippen molar-refractivity contribution in [1.29, 1.82) is 0 Å². The molecule has 2 rings (SSSR count). The van der Waals surface area contributed by atoms with Gasteiger partial charge in [0.1, 0.15) is 4.99 Å². The van der Waals surface area contributed by atoms with Crippen LogP contribution in [0, 0.1) is 6.92 Å². The Morgan fingerprint density at radius 1 is 1.12 bits per heavy atom. The summed E-state index contributed by atoms with van der Waals surface area (Å²) < 4.78 is 40.4. The Labute approximate surface area is 159 Å². The number of aryl methyl sites for hydroxylation is 1. The van der Waals surface area contributed by atoms with Crippen LogP contribution in [-0.4, -0.2) is 11.2 Å². The van der Waals surface area contributed by atoms with Crippen LogP contribution in [0.1, 0.15) is 28.2 Å². The lowest BCUT2D eigenvalue weighted by Gasteiger charge is -2.18. The first kappa shape index (κ1) is 19.8. The first-order valence-corrected chi connectivity index (χ1v) is 8.35. The van der Waals surface area contributed by atoms with Crippen LogP contribution in [0.15, 0.2) is 42.5 Å². The quantitative estimate of drug-likeness (QED) is 0.606. The lowest BCUT2D eigenvalue weighted by Crippen LogP contribution is -2.18. The van der Waals surface area contributed by atoms with Gasteiger partial charge in [0.2, 0.25) is 0 Å². The van der Waals surface area contributed by atoms with Gasteiger partial charge in [-0.1, -0.05) is 65.8 Å². The number of hydrogen-bond donors (Lipinski definition) is 1. The fourth-order valence-electron chi connectivity index (χ4n) is 2.44. The summed E-state index contributed by atoms with van der Waals surface area (Å²) in [6.07, 6.45) is -1.99. The molecule has 2 N–H and O–H groups in total. The smallest absolute Gasteiger partial charge is 0.389 e. The number of nitrogens with two attached hydrogens (primary N) is 1. The van der Waals surface area contributed by atoms with E-state index in [1.807, 2.05) is 0 Å². The van der Waals surface area contributed by atoms with Crippen molar-refractivity contribution in [3.8, 4) is 0 Å². The third-order valence-corrected chi connectivity index (χ3v) is 4.25. The normalized spacial score (nSPS) is 13.2. The number of halogens is 5. The summed E-state index contributed by atoms with van der Waals surface area (Å²) in [5, 5.41) is 0.309. The molecule has 1 nitrogen and oxygen atoms in total. The molecule has 0 saturated heterocycles. The van der Waals surface area contributed by atoms with Gasteiger partial charge in [-0.25, -0.2) is 0 Å². The third-order valence-electron chi connectivity index (χ3n) is 3.59. The molecule has 0 aliphatic rings. The molecule has 0 heterocycles. The summed E-state index contributed by atoms with van der Waals surface area (Å²) in [5.74, 6) is -1.82. The third kappa shape index (κ3) is 5.21. The maximum Gasteiger partial charge on any atom is 0.399 e. The van der Waals surface area contributed by atoms with Crippen molar-refractivity contribution in [3.05, 3.63) is 74.8 Å². The van der Waals surface area contributed by atoms with Gasteiger partial charge in [0.15, 0.2) is 0 Å². The molecule has 2 aromatic rings. The van der Waals surface area contributed by atoms with Gasteiger partial charge in [-0.2, -0.15) is 13.2 Å². The van der Waals surface area contributed by atoms with Crippen molar-refractivity contribution in [2.75, 3.05) is 0 Å². The molecule has 0 radical (unpaired) electrons. The van der Waals surface area contributed by atoms with Gasteiger partial charge in [0.25, 0.3) is 0 Å². The summed E-state index contributed by atoms with van der Waals surface area (Å²) in [4.78, 5) is 0.245. The average Bonchev–Trinajstić information content (AvgIpc) is 2.44.